The average Bonchev–Trinajstić information content (AvgIpc) is 2.65. The number of fused-ring (bicyclic) bond motifs is 2. The molecular formula is C14H14N2O2. The number of Topliss-reactive ketones (excluding diaryl/α,β-unsaturated/α-hetero) is 1. The maximum atomic E-state index is 12.4. The molecule has 0 N–H and O–H groups in total. The molecule has 0 bridgehead atoms. The van der Waals surface area contributed by atoms with Gasteiger partial charge >= 0.3 is 0 Å². The van der Waals surface area contributed by atoms with E-state index in [0.29, 0.717) is 17.7 Å². The molecule has 1 fully saturated rings. The molecule has 2 heterocycles. The zero-order chi connectivity index (χ0) is 12.9. The highest BCUT2D eigenvalue weighted by molar-refractivity contribution is 6.06. The zero-order valence-corrected chi connectivity index (χ0v) is 10.4. The SMILES string of the molecule is Cc1cc2c(cc1C)C(=O)N1CC(=O)C[C@H]1C=N2. The highest BCUT2D eigenvalue weighted by Gasteiger charge is 2.35. The van der Waals surface area contributed by atoms with E-state index in [2.05, 4.69) is 4.99 Å². The molecule has 1 saturated heterocycles. The molecule has 0 radical (unpaired) electrons. The van der Waals surface area contributed by atoms with E-state index in [9.17, 15) is 9.59 Å². The second-order valence-corrected chi connectivity index (χ2v) is 4.97. The Morgan fingerprint density at radius 3 is 2.72 bits per heavy atom. The van der Waals surface area contributed by atoms with Crippen LogP contribution in [0.25, 0.3) is 0 Å². The summed E-state index contributed by atoms with van der Waals surface area (Å²) < 4.78 is 0. The minimum Gasteiger partial charge on any atom is -0.323 e. The van der Waals surface area contributed by atoms with Gasteiger partial charge in [0, 0.05) is 12.6 Å². The van der Waals surface area contributed by atoms with Gasteiger partial charge in [-0.1, -0.05) is 0 Å². The van der Waals surface area contributed by atoms with Gasteiger partial charge in [0.2, 0.25) is 0 Å². The highest BCUT2D eigenvalue weighted by atomic mass is 16.2. The van der Waals surface area contributed by atoms with Crippen molar-refractivity contribution in [2.24, 2.45) is 4.99 Å². The number of benzene rings is 1. The molecule has 1 aromatic carbocycles. The van der Waals surface area contributed by atoms with Crippen LogP contribution in [0.4, 0.5) is 5.69 Å². The molecule has 2 aliphatic heterocycles. The number of aryl methyl sites for hydroxylation is 2. The summed E-state index contributed by atoms with van der Waals surface area (Å²) in [4.78, 5) is 29.9. The minimum absolute atomic E-state index is 0.0820. The molecular weight excluding hydrogens is 228 g/mol. The first-order valence-electron chi connectivity index (χ1n) is 6.04. The van der Waals surface area contributed by atoms with Gasteiger partial charge in [0.25, 0.3) is 5.91 Å². The molecule has 0 aromatic heterocycles. The third-order valence-corrected chi connectivity index (χ3v) is 3.67. The van der Waals surface area contributed by atoms with Gasteiger partial charge in [-0.2, -0.15) is 0 Å². The van der Waals surface area contributed by atoms with Crippen LogP contribution in [0.15, 0.2) is 17.1 Å². The van der Waals surface area contributed by atoms with Crippen LogP contribution < -0.4 is 0 Å². The number of ketones is 1. The Bertz CT molecular complexity index is 590. The zero-order valence-electron chi connectivity index (χ0n) is 10.4. The molecule has 0 saturated carbocycles. The molecule has 2 aliphatic rings. The average molecular weight is 242 g/mol. The fourth-order valence-corrected chi connectivity index (χ4v) is 2.47. The number of hydrogen-bond donors (Lipinski definition) is 0. The summed E-state index contributed by atoms with van der Waals surface area (Å²) in [5.41, 5.74) is 3.51. The van der Waals surface area contributed by atoms with E-state index in [1.807, 2.05) is 26.0 Å². The first-order valence-corrected chi connectivity index (χ1v) is 6.04. The first kappa shape index (κ1) is 11.1. The molecule has 1 amide bonds. The number of carbonyl (C=O) groups is 2. The molecule has 0 unspecified atom stereocenters. The van der Waals surface area contributed by atoms with Gasteiger partial charge in [0.15, 0.2) is 5.78 Å². The Hall–Kier alpha value is -1.97. The highest BCUT2D eigenvalue weighted by Crippen LogP contribution is 2.29. The van der Waals surface area contributed by atoms with Crippen molar-refractivity contribution in [3.8, 4) is 0 Å². The standard InChI is InChI=1S/C14H14N2O2/c1-8-3-12-13(4-9(8)2)15-6-10-5-11(17)7-16(10)14(12)18/h3-4,6,10H,5,7H2,1-2H3/t10-/m0/s1. The second-order valence-electron chi connectivity index (χ2n) is 4.97. The van der Waals surface area contributed by atoms with Crippen molar-refractivity contribution in [3.63, 3.8) is 0 Å². The van der Waals surface area contributed by atoms with Crippen LogP contribution in [-0.2, 0) is 4.79 Å². The number of rotatable bonds is 0. The van der Waals surface area contributed by atoms with Crippen LogP contribution in [-0.4, -0.2) is 35.4 Å². The lowest BCUT2D eigenvalue weighted by Crippen LogP contribution is -2.35. The lowest BCUT2D eigenvalue weighted by atomic mass is 10.0. The Balaban J connectivity index is 2.13. The molecule has 18 heavy (non-hydrogen) atoms. The van der Waals surface area contributed by atoms with Gasteiger partial charge < -0.3 is 4.90 Å². The van der Waals surface area contributed by atoms with E-state index < -0.39 is 0 Å². The van der Waals surface area contributed by atoms with Crippen molar-refractivity contribution in [1.82, 2.24) is 4.90 Å². The lowest BCUT2D eigenvalue weighted by molar-refractivity contribution is -0.116. The monoisotopic (exact) mass is 242 g/mol. The second kappa shape index (κ2) is 3.77. The summed E-state index contributed by atoms with van der Waals surface area (Å²) in [6.45, 7) is 4.19. The smallest absolute Gasteiger partial charge is 0.257 e. The summed E-state index contributed by atoms with van der Waals surface area (Å²) in [7, 11) is 0. The van der Waals surface area contributed by atoms with Crippen LogP contribution in [0.3, 0.4) is 0 Å². The molecule has 0 aliphatic carbocycles. The van der Waals surface area contributed by atoms with Gasteiger partial charge in [-0.15, -0.1) is 0 Å². The van der Waals surface area contributed by atoms with Gasteiger partial charge in [-0.25, -0.2) is 0 Å². The molecule has 1 aromatic rings. The Morgan fingerprint density at radius 1 is 1.22 bits per heavy atom. The predicted octanol–water partition coefficient (Wildman–Crippen LogP) is 1.80. The van der Waals surface area contributed by atoms with Gasteiger partial charge in [0.1, 0.15) is 0 Å². The molecule has 92 valence electrons. The quantitative estimate of drug-likeness (QED) is 0.696. The Kier molecular flexibility index (Phi) is 2.33. The van der Waals surface area contributed by atoms with E-state index in [-0.39, 0.29) is 24.3 Å². The summed E-state index contributed by atoms with van der Waals surface area (Å²) in [6.07, 6.45) is 2.12. The van der Waals surface area contributed by atoms with Crippen molar-refractivity contribution in [1.29, 1.82) is 0 Å². The molecule has 3 rings (SSSR count). The summed E-state index contributed by atoms with van der Waals surface area (Å²) in [5, 5.41) is 0. The summed E-state index contributed by atoms with van der Waals surface area (Å²) >= 11 is 0. The topological polar surface area (TPSA) is 49.7 Å². The molecule has 4 nitrogen and oxygen atoms in total. The van der Waals surface area contributed by atoms with Crippen molar-refractivity contribution < 1.29 is 9.59 Å². The fourth-order valence-electron chi connectivity index (χ4n) is 2.47. The fraction of sp³-hybridized carbons (Fsp3) is 0.357. The number of hydrogen-bond acceptors (Lipinski definition) is 3. The Labute approximate surface area is 105 Å². The van der Waals surface area contributed by atoms with E-state index in [0.717, 1.165) is 11.1 Å². The molecule has 1 atom stereocenters. The van der Waals surface area contributed by atoms with Gasteiger partial charge in [-0.05, 0) is 37.1 Å². The number of nitrogens with zero attached hydrogens (tertiary/aromatic N) is 2. The van der Waals surface area contributed by atoms with E-state index in [1.54, 1.807) is 11.1 Å². The van der Waals surface area contributed by atoms with E-state index in [4.69, 9.17) is 0 Å². The summed E-state index contributed by atoms with van der Waals surface area (Å²) in [5.74, 6) is 0.0218. The van der Waals surface area contributed by atoms with Crippen LogP contribution in [0, 0.1) is 13.8 Å². The van der Waals surface area contributed by atoms with Crippen molar-refractivity contribution in [3.05, 3.63) is 28.8 Å². The van der Waals surface area contributed by atoms with Crippen LogP contribution in [0.2, 0.25) is 0 Å². The van der Waals surface area contributed by atoms with Crippen molar-refractivity contribution >= 4 is 23.6 Å². The first-order chi connectivity index (χ1) is 8.56. The van der Waals surface area contributed by atoms with Gasteiger partial charge in [-0.3, -0.25) is 14.6 Å². The maximum Gasteiger partial charge on any atom is 0.257 e. The van der Waals surface area contributed by atoms with Crippen LogP contribution >= 0.6 is 0 Å². The molecule has 4 heteroatoms. The largest absolute Gasteiger partial charge is 0.323 e. The third-order valence-electron chi connectivity index (χ3n) is 3.67. The van der Waals surface area contributed by atoms with Crippen LogP contribution in [0.1, 0.15) is 27.9 Å². The normalized spacial score (nSPS) is 21.9. The van der Waals surface area contributed by atoms with Crippen LogP contribution in [0.5, 0.6) is 0 Å². The lowest BCUT2D eigenvalue weighted by Gasteiger charge is -2.19. The number of amides is 1. The number of aliphatic imine (C=N–C) groups is 1. The number of carbonyl (C=O) groups excluding carboxylic acids is 2. The third kappa shape index (κ3) is 1.56. The van der Waals surface area contributed by atoms with E-state index >= 15 is 0 Å². The van der Waals surface area contributed by atoms with E-state index in [1.165, 1.54) is 0 Å². The Morgan fingerprint density at radius 2 is 1.94 bits per heavy atom. The van der Waals surface area contributed by atoms with Crippen molar-refractivity contribution in [2.75, 3.05) is 6.54 Å². The molecule has 0 spiro atoms. The predicted molar refractivity (Wildman–Crippen MR) is 68.5 cm³/mol. The summed E-state index contributed by atoms with van der Waals surface area (Å²) in [6, 6.07) is 3.64. The van der Waals surface area contributed by atoms with Crippen molar-refractivity contribution in [2.45, 2.75) is 26.3 Å². The minimum atomic E-state index is -0.169. The van der Waals surface area contributed by atoms with Gasteiger partial charge in [0.05, 0.1) is 23.8 Å². The maximum absolute atomic E-state index is 12.4.